The van der Waals surface area contributed by atoms with E-state index >= 15 is 0 Å². The molecule has 0 fully saturated rings. The van der Waals surface area contributed by atoms with E-state index in [4.69, 9.17) is 0 Å². The van der Waals surface area contributed by atoms with Gasteiger partial charge in [-0.1, -0.05) is 60.7 Å². The van der Waals surface area contributed by atoms with Gasteiger partial charge in [-0.2, -0.15) is 0 Å². The molecule has 0 saturated carbocycles. The zero-order valence-electron chi connectivity index (χ0n) is 23.0. The Bertz CT molecular complexity index is 1650. The van der Waals surface area contributed by atoms with Crippen LogP contribution < -0.4 is 0 Å². The molecule has 43 heavy (non-hydrogen) atoms. The van der Waals surface area contributed by atoms with Crippen molar-refractivity contribution in [2.24, 2.45) is 0 Å². The van der Waals surface area contributed by atoms with E-state index in [1.165, 1.54) is 21.5 Å². The zero-order valence-corrected chi connectivity index (χ0v) is 24.8. The van der Waals surface area contributed by atoms with Crippen molar-refractivity contribution in [3.05, 3.63) is 159 Å². The Morgan fingerprint density at radius 1 is 0.256 bits per heavy atom. The first-order chi connectivity index (χ1) is 20.9. The van der Waals surface area contributed by atoms with Crippen LogP contribution in [0.2, 0.25) is 0 Å². The monoisotopic (exact) mass is 644 g/mol. The smallest absolute Gasteiger partial charge is 0.0970 e. The van der Waals surface area contributed by atoms with Crippen LogP contribution in [0.4, 0.5) is 0 Å². The first-order valence-corrected chi connectivity index (χ1v) is 13.5. The molecule has 6 heterocycles. The molecular formula is C36H26N6Ru. The Morgan fingerprint density at radius 2 is 0.535 bits per heavy atom. The van der Waals surface area contributed by atoms with E-state index in [0.29, 0.717) is 0 Å². The van der Waals surface area contributed by atoms with Crippen LogP contribution in [-0.4, -0.2) is 29.9 Å². The van der Waals surface area contributed by atoms with E-state index in [2.05, 4.69) is 66.3 Å². The molecule has 0 bridgehead atoms. The van der Waals surface area contributed by atoms with Crippen LogP contribution in [0.1, 0.15) is 0 Å². The number of fused-ring (bicyclic) bond motifs is 6. The summed E-state index contributed by atoms with van der Waals surface area (Å²) in [5.41, 5.74) is 5.62. The largest absolute Gasteiger partial charge is 0.255 e. The zero-order chi connectivity index (χ0) is 28.4. The van der Waals surface area contributed by atoms with Gasteiger partial charge in [-0.05, 0) is 71.4 Å². The fraction of sp³-hybridized carbons (Fsp3) is 0. The maximum Gasteiger partial charge on any atom is 0.0970 e. The summed E-state index contributed by atoms with van der Waals surface area (Å²) < 4.78 is 0. The fourth-order valence-electron chi connectivity index (χ4n) is 4.63. The number of nitrogens with zero attached hydrogens (tertiary/aromatic N) is 6. The standard InChI is InChI=1S/C16H10N2.2C10H8N2.Ru/c1-2-6-12-11(5-1)13-7-3-9-17-15(13)16-14(12)8-4-10-18-16;2*1-3-7-11-9(5-1)10-6-2-4-8-12-10;/h1-10H;2*1-8H;. The molecule has 7 heteroatoms. The molecule has 0 amide bonds. The third kappa shape index (κ3) is 6.97. The predicted molar refractivity (Wildman–Crippen MR) is 169 cm³/mol. The first kappa shape index (κ1) is 29.2. The number of hydrogen-bond donors (Lipinski definition) is 0. The van der Waals surface area contributed by atoms with Gasteiger partial charge in [-0.25, -0.2) is 0 Å². The summed E-state index contributed by atoms with van der Waals surface area (Å²) in [6.07, 6.45) is 10.7. The van der Waals surface area contributed by atoms with Gasteiger partial charge in [-0.15, -0.1) is 0 Å². The van der Waals surface area contributed by atoms with Gasteiger partial charge in [0.2, 0.25) is 0 Å². The van der Waals surface area contributed by atoms with Crippen molar-refractivity contribution in [3.8, 4) is 22.8 Å². The maximum atomic E-state index is 4.50. The van der Waals surface area contributed by atoms with Crippen LogP contribution in [0.15, 0.2) is 159 Å². The molecule has 0 aliphatic heterocycles. The molecule has 0 N–H and O–H groups in total. The molecule has 0 saturated heterocycles. The Hall–Kier alpha value is -5.26. The molecular weight excluding hydrogens is 618 g/mol. The SMILES string of the molecule is [Ru].c1ccc(-c2ccccn2)nc1.c1ccc(-c2ccccn2)nc1.c1ccc2c(c1)c1cccnc1c1ncccc21. The molecule has 6 nitrogen and oxygen atoms in total. The molecule has 0 unspecified atom stereocenters. The second kappa shape index (κ2) is 14.6. The van der Waals surface area contributed by atoms with E-state index in [-0.39, 0.29) is 19.5 Å². The number of rotatable bonds is 2. The van der Waals surface area contributed by atoms with Crippen molar-refractivity contribution < 1.29 is 19.5 Å². The van der Waals surface area contributed by atoms with Gasteiger partial charge in [0.25, 0.3) is 0 Å². The van der Waals surface area contributed by atoms with Crippen molar-refractivity contribution in [2.75, 3.05) is 0 Å². The summed E-state index contributed by atoms with van der Waals surface area (Å²) in [5, 5.41) is 4.81. The summed E-state index contributed by atoms with van der Waals surface area (Å²) in [7, 11) is 0. The molecule has 0 aliphatic carbocycles. The average molecular weight is 644 g/mol. The topological polar surface area (TPSA) is 77.3 Å². The third-order valence-corrected chi connectivity index (χ3v) is 6.53. The number of pyridine rings is 6. The molecule has 0 aliphatic rings. The van der Waals surface area contributed by atoms with Gasteiger partial charge in [0, 0.05) is 67.4 Å². The second-order valence-electron chi connectivity index (χ2n) is 9.20. The number of hydrogen-bond acceptors (Lipinski definition) is 6. The minimum Gasteiger partial charge on any atom is -0.255 e. The molecule has 0 radical (unpaired) electrons. The minimum atomic E-state index is 0. The number of aromatic nitrogens is 6. The van der Waals surface area contributed by atoms with Gasteiger partial charge in [0.15, 0.2) is 0 Å². The van der Waals surface area contributed by atoms with E-state index in [0.717, 1.165) is 33.8 Å². The summed E-state index contributed by atoms with van der Waals surface area (Å²) in [6.45, 7) is 0. The van der Waals surface area contributed by atoms with Crippen molar-refractivity contribution in [1.82, 2.24) is 29.9 Å². The van der Waals surface area contributed by atoms with Gasteiger partial charge in [-0.3, -0.25) is 29.9 Å². The average Bonchev–Trinajstić information content (AvgIpc) is 3.11. The normalized spacial score (nSPS) is 10.1. The van der Waals surface area contributed by atoms with E-state index in [1.807, 2.05) is 97.3 Å². The molecule has 0 atom stereocenters. The molecule has 6 aromatic heterocycles. The van der Waals surface area contributed by atoms with Gasteiger partial charge < -0.3 is 0 Å². The summed E-state index contributed by atoms with van der Waals surface area (Å²) >= 11 is 0. The van der Waals surface area contributed by atoms with Gasteiger partial charge >= 0.3 is 0 Å². The van der Waals surface area contributed by atoms with Crippen LogP contribution in [0, 0.1) is 0 Å². The first-order valence-electron chi connectivity index (χ1n) is 13.5. The molecule has 0 spiro atoms. The van der Waals surface area contributed by atoms with Crippen LogP contribution in [0.3, 0.4) is 0 Å². The Kier molecular flexibility index (Phi) is 9.92. The predicted octanol–water partition coefficient (Wildman–Crippen LogP) is 8.22. The molecule has 2 aromatic carbocycles. The Labute approximate surface area is 262 Å². The summed E-state index contributed by atoms with van der Waals surface area (Å²) in [6, 6.07) is 39.8. The summed E-state index contributed by atoms with van der Waals surface area (Å²) in [5.74, 6) is 0. The molecule has 8 aromatic rings. The fourth-order valence-corrected chi connectivity index (χ4v) is 4.63. The van der Waals surface area contributed by atoms with Gasteiger partial charge in [0.05, 0.1) is 33.8 Å². The van der Waals surface area contributed by atoms with Crippen molar-refractivity contribution >= 4 is 32.6 Å². The summed E-state index contributed by atoms with van der Waals surface area (Å²) in [4.78, 5) is 25.7. The Balaban J connectivity index is 0.000000131. The van der Waals surface area contributed by atoms with Crippen molar-refractivity contribution in [3.63, 3.8) is 0 Å². The van der Waals surface area contributed by atoms with Crippen LogP contribution in [-0.2, 0) is 19.5 Å². The van der Waals surface area contributed by atoms with E-state index in [1.54, 1.807) is 24.8 Å². The van der Waals surface area contributed by atoms with E-state index < -0.39 is 0 Å². The van der Waals surface area contributed by atoms with Crippen LogP contribution >= 0.6 is 0 Å². The minimum absolute atomic E-state index is 0. The van der Waals surface area contributed by atoms with E-state index in [9.17, 15) is 0 Å². The second-order valence-corrected chi connectivity index (χ2v) is 9.20. The maximum absolute atomic E-state index is 4.50. The molecule has 208 valence electrons. The molecule has 8 rings (SSSR count). The Morgan fingerprint density at radius 3 is 0.837 bits per heavy atom. The van der Waals surface area contributed by atoms with Crippen molar-refractivity contribution in [2.45, 2.75) is 0 Å². The van der Waals surface area contributed by atoms with Gasteiger partial charge in [0.1, 0.15) is 0 Å². The quantitative estimate of drug-likeness (QED) is 0.140. The van der Waals surface area contributed by atoms with Crippen molar-refractivity contribution in [1.29, 1.82) is 0 Å². The number of benzene rings is 2. The van der Waals surface area contributed by atoms with Crippen LogP contribution in [0.25, 0.3) is 55.4 Å². The third-order valence-electron chi connectivity index (χ3n) is 6.53. The van der Waals surface area contributed by atoms with Crippen LogP contribution in [0.5, 0.6) is 0 Å².